The molecule has 1 aromatic rings. The van der Waals surface area contributed by atoms with Gasteiger partial charge in [0, 0.05) is 6.54 Å². The molecule has 0 aliphatic carbocycles. The molecule has 1 unspecified atom stereocenters. The maximum Gasteiger partial charge on any atom is 0.192 e. The molecule has 1 aliphatic heterocycles. The fraction of sp³-hybridized carbons (Fsp3) is 0.556. The van der Waals surface area contributed by atoms with Gasteiger partial charge in [-0.2, -0.15) is 0 Å². The monoisotopic (exact) mass is 244 g/mol. The second-order valence-electron chi connectivity index (χ2n) is 3.41. The molecule has 0 bridgehead atoms. The minimum Gasteiger partial charge on any atom is -0.370 e. The fourth-order valence-corrected chi connectivity index (χ4v) is 2.71. The maximum absolute atomic E-state index is 5.87. The van der Waals surface area contributed by atoms with Crippen molar-refractivity contribution in [3.05, 3.63) is 15.5 Å². The number of halogens is 1. The Morgan fingerprint density at radius 3 is 3.13 bits per heavy atom. The first-order valence-electron chi connectivity index (χ1n) is 4.90. The molecule has 15 heavy (non-hydrogen) atoms. The summed E-state index contributed by atoms with van der Waals surface area (Å²) in [5.41, 5.74) is 5.82. The van der Waals surface area contributed by atoms with E-state index >= 15 is 0 Å². The largest absolute Gasteiger partial charge is 0.370 e. The first-order valence-corrected chi connectivity index (χ1v) is 6.09. The Balaban J connectivity index is 2.17. The number of nitrogens with zero attached hydrogens (tertiary/aromatic N) is 3. The van der Waals surface area contributed by atoms with E-state index in [2.05, 4.69) is 21.8 Å². The van der Waals surface area contributed by atoms with E-state index in [9.17, 15) is 0 Å². The van der Waals surface area contributed by atoms with Gasteiger partial charge < -0.3 is 10.6 Å². The molecule has 0 amide bonds. The van der Waals surface area contributed by atoms with Gasteiger partial charge in [-0.15, -0.1) is 11.3 Å². The molecule has 2 rings (SSSR count). The van der Waals surface area contributed by atoms with Crippen LogP contribution in [0.3, 0.4) is 0 Å². The number of aliphatic imine (C=N–C) groups is 1. The van der Waals surface area contributed by atoms with Crippen molar-refractivity contribution in [1.82, 2.24) is 9.88 Å². The smallest absolute Gasteiger partial charge is 0.192 e. The molecule has 82 valence electrons. The molecule has 2 N–H and O–H groups in total. The molecule has 0 saturated heterocycles. The third kappa shape index (κ3) is 2.08. The van der Waals surface area contributed by atoms with Crippen LogP contribution >= 0.6 is 22.9 Å². The summed E-state index contributed by atoms with van der Waals surface area (Å²) in [4.78, 5) is 10.6. The topological polar surface area (TPSA) is 54.5 Å². The minimum absolute atomic E-state index is 0.183. The van der Waals surface area contributed by atoms with Crippen molar-refractivity contribution in [1.29, 1.82) is 0 Å². The van der Waals surface area contributed by atoms with E-state index in [1.165, 1.54) is 11.3 Å². The number of hydrogen-bond acceptors (Lipinski definition) is 5. The van der Waals surface area contributed by atoms with Crippen LogP contribution in [0.1, 0.15) is 24.4 Å². The van der Waals surface area contributed by atoms with Crippen LogP contribution in [0.15, 0.2) is 11.2 Å². The summed E-state index contributed by atoms with van der Waals surface area (Å²) >= 11 is 7.37. The summed E-state index contributed by atoms with van der Waals surface area (Å²) in [5, 5.41) is 0.998. The minimum atomic E-state index is 0.183. The lowest BCUT2D eigenvalue weighted by atomic mass is 10.3. The summed E-state index contributed by atoms with van der Waals surface area (Å²) < 4.78 is 0.715. The van der Waals surface area contributed by atoms with Crippen LogP contribution < -0.4 is 5.73 Å². The van der Waals surface area contributed by atoms with E-state index in [4.69, 9.17) is 17.3 Å². The SMILES string of the molecule is CCCN1C(N)=NCC1c1ncc(Cl)s1. The van der Waals surface area contributed by atoms with Crippen LogP contribution in [0.2, 0.25) is 4.34 Å². The third-order valence-electron chi connectivity index (χ3n) is 2.34. The lowest BCUT2D eigenvalue weighted by Gasteiger charge is -2.23. The average Bonchev–Trinajstić information content (AvgIpc) is 2.76. The van der Waals surface area contributed by atoms with Gasteiger partial charge in [0.25, 0.3) is 0 Å². The summed E-state index contributed by atoms with van der Waals surface area (Å²) in [6.45, 7) is 3.73. The Bertz CT molecular complexity index is 376. The van der Waals surface area contributed by atoms with E-state index < -0.39 is 0 Å². The van der Waals surface area contributed by atoms with Crippen molar-refractivity contribution >= 4 is 28.9 Å². The molecule has 1 aromatic heterocycles. The molecule has 0 spiro atoms. The van der Waals surface area contributed by atoms with Gasteiger partial charge in [0.05, 0.1) is 12.7 Å². The Hall–Kier alpha value is -0.810. The van der Waals surface area contributed by atoms with Crippen LogP contribution in [-0.4, -0.2) is 28.9 Å². The third-order valence-corrected chi connectivity index (χ3v) is 3.56. The van der Waals surface area contributed by atoms with Gasteiger partial charge in [0.2, 0.25) is 0 Å². The van der Waals surface area contributed by atoms with E-state index in [0.717, 1.165) is 18.0 Å². The van der Waals surface area contributed by atoms with Gasteiger partial charge in [-0.25, -0.2) is 4.98 Å². The van der Waals surface area contributed by atoms with Crippen molar-refractivity contribution in [2.45, 2.75) is 19.4 Å². The van der Waals surface area contributed by atoms with Gasteiger partial charge in [0.1, 0.15) is 15.4 Å². The number of guanidine groups is 1. The van der Waals surface area contributed by atoms with Crippen molar-refractivity contribution in [3.8, 4) is 0 Å². The zero-order valence-corrected chi connectivity index (χ0v) is 10.1. The molecule has 4 nitrogen and oxygen atoms in total. The zero-order valence-electron chi connectivity index (χ0n) is 8.48. The maximum atomic E-state index is 5.87. The average molecular weight is 245 g/mol. The van der Waals surface area contributed by atoms with Gasteiger partial charge in [-0.05, 0) is 6.42 Å². The molecule has 1 aliphatic rings. The predicted molar refractivity (Wildman–Crippen MR) is 63.4 cm³/mol. The molecule has 2 heterocycles. The fourth-order valence-electron chi connectivity index (χ4n) is 1.67. The first kappa shape index (κ1) is 10.7. The number of nitrogens with two attached hydrogens (primary N) is 1. The molecule has 1 atom stereocenters. The van der Waals surface area contributed by atoms with Crippen molar-refractivity contribution in [3.63, 3.8) is 0 Å². The van der Waals surface area contributed by atoms with Crippen molar-refractivity contribution in [2.75, 3.05) is 13.1 Å². The van der Waals surface area contributed by atoms with Gasteiger partial charge in [0.15, 0.2) is 5.96 Å². The molecule has 0 radical (unpaired) electrons. The van der Waals surface area contributed by atoms with Crippen LogP contribution in [0, 0.1) is 0 Å². The second kappa shape index (κ2) is 4.37. The summed E-state index contributed by atoms with van der Waals surface area (Å²) in [6.07, 6.45) is 2.73. The van der Waals surface area contributed by atoms with Crippen LogP contribution in [0.4, 0.5) is 0 Å². The highest BCUT2D eigenvalue weighted by Crippen LogP contribution is 2.30. The Morgan fingerprint density at radius 1 is 1.73 bits per heavy atom. The molecule has 0 saturated carbocycles. The second-order valence-corrected chi connectivity index (χ2v) is 5.10. The lowest BCUT2D eigenvalue weighted by molar-refractivity contribution is 0.346. The van der Waals surface area contributed by atoms with Gasteiger partial charge >= 0.3 is 0 Å². The molecular weight excluding hydrogens is 232 g/mol. The Labute approximate surface area is 97.8 Å². The highest BCUT2D eigenvalue weighted by Gasteiger charge is 2.28. The number of thiazole rings is 1. The van der Waals surface area contributed by atoms with E-state index in [1.807, 2.05) is 0 Å². The molecular formula is C9H13ClN4S. The molecule has 0 fully saturated rings. The normalized spacial score (nSPS) is 20.8. The van der Waals surface area contributed by atoms with Gasteiger partial charge in [-0.3, -0.25) is 4.99 Å². The Kier molecular flexibility index (Phi) is 3.11. The highest BCUT2D eigenvalue weighted by atomic mass is 35.5. The number of aromatic nitrogens is 1. The van der Waals surface area contributed by atoms with Gasteiger partial charge in [-0.1, -0.05) is 18.5 Å². The van der Waals surface area contributed by atoms with Crippen LogP contribution in [0.5, 0.6) is 0 Å². The van der Waals surface area contributed by atoms with Crippen molar-refractivity contribution < 1.29 is 0 Å². The predicted octanol–water partition coefficient (Wildman–Crippen LogP) is 1.88. The zero-order chi connectivity index (χ0) is 10.8. The summed E-state index contributed by atoms with van der Waals surface area (Å²) in [6, 6.07) is 0.183. The van der Waals surface area contributed by atoms with Crippen molar-refractivity contribution in [2.24, 2.45) is 10.7 Å². The Morgan fingerprint density at radius 2 is 2.53 bits per heavy atom. The lowest BCUT2D eigenvalue weighted by Crippen LogP contribution is -2.36. The highest BCUT2D eigenvalue weighted by molar-refractivity contribution is 7.15. The standard InChI is InChI=1S/C9H13ClN4S/c1-2-3-14-6(4-13-9(14)11)8-12-5-7(10)15-8/h5-6H,2-4H2,1H3,(H2,11,13). The number of hydrogen-bond donors (Lipinski definition) is 1. The van der Waals surface area contributed by atoms with E-state index in [-0.39, 0.29) is 6.04 Å². The summed E-state index contributed by atoms with van der Waals surface area (Å²) in [7, 11) is 0. The summed E-state index contributed by atoms with van der Waals surface area (Å²) in [5.74, 6) is 0.619. The van der Waals surface area contributed by atoms with Crippen LogP contribution in [0.25, 0.3) is 0 Å². The van der Waals surface area contributed by atoms with E-state index in [1.54, 1.807) is 6.20 Å². The molecule has 6 heteroatoms. The first-order chi connectivity index (χ1) is 7.22. The molecule has 0 aromatic carbocycles. The van der Waals surface area contributed by atoms with Crippen LogP contribution in [-0.2, 0) is 0 Å². The number of rotatable bonds is 3. The van der Waals surface area contributed by atoms with E-state index in [0.29, 0.717) is 16.8 Å². The quantitative estimate of drug-likeness (QED) is 0.883.